The second-order valence-corrected chi connectivity index (χ2v) is 4.82. The van der Waals surface area contributed by atoms with Gasteiger partial charge in [0.2, 0.25) is 5.88 Å². The second-order valence-electron chi connectivity index (χ2n) is 4.82. The molecule has 0 aliphatic carbocycles. The molecule has 1 N–H and O–H groups in total. The zero-order chi connectivity index (χ0) is 14.5. The maximum Gasteiger partial charge on any atom is 0.217 e. The van der Waals surface area contributed by atoms with E-state index in [4.69, 9.17) is 4.74 Å². The van der Waals surface area contributed by atoms with E-state index < -0.39 is 0 Å². The molecule has 0 aliphatic heterocycles. The Kier molecular flexibility index (Phi) is 4.69. The van der Waals surface area contributed by atoms with Crippen molar-refractivity contribution in [2.24, 2.45) is 0 Å². The van der Waals surface area contributed by atoms with Crippen molar-refractivity contribution < 1.29 is 9.13 Å². The molecule has 0 aliphatic rings. The molecule has 1 aromatic heterocycles. The molecule has 0 amide bonds. The van der Waals surface area contributed by atoms with E-state index in [-0.39, 0.29) is 5.82 Å². The molecule has 1 heterocycles. The third-order valence-corrected chi connectivity index (χ3v) is 3.18. The fourth-order valence-electron chi connectivity index (χ4n) is 2.22. The summed E-state index contributed by atoms with van der Waals surface area (Å²) in [5.41, 5.74) is 3.44. The molecule has 4 heteroatoms. The van der Waals surface area contributed by atoms with Crippen molar-refractivity contribution in [3.05, 3.63) is 58.5 Å². The summed E-state index contributed by atoms with van der Waals surface area (Å²) in [6.45, 7) is 4.92. The Morgan fingerprint density at radius 1 is 1.20 bits per heavy atom. The number of hydrogen-bond acceptors (Lipinski definition) is 3. The minimum atomic E-state index is -0.123. The molecular weight excluding hydrogens is 255 g/mol. The number of aryl methyl sites for hydroxylation is 2. The summed E-state index contributed by atoms with van der Waals surface area (Å²) in [5, 5.41) is 3.32. The van der Waals surface area contributed by atoms with Gasteiger partial charge in [0.05, 0.1) is 7.11 Å². The van der Waals surface area contributed by atoms with Gasteiger partial charge in [0.15, 0.2) is 0 Å². The molecule has 2 aromatic rings. The highest BCUT2D eigenvalue weighted by Gasteiger charge is 2.05. The lowest BCUT2D eigenvalue weighted by molar-refractivity contribution is 0.390. The van der Waals surface area contributed by atoms with Gasteiger partial charge in [-0.2, -0.15) is 0 Å². The molecule has 0 spiro atoms. The third-order valence-electron chi connectivity index (χ3n) is 3.18. The number of pyridine rings is 1. The van der Waals surface area contributed by atoms with Crippen LogP contribution in [0.15, 0.2) is 30.5 Å². The molecule has 0 saturated carbocycles. The number of rotatable bonds is 5. The van der Waals surface area contributed by atoms with Crippen molar-refractivity contribution in [3.63, 3.8) is 0 Å². The fraction of sp³-hybridized carbons (Fsp3) is 0.312. The molecule has 0 radical (unpaired) electrons. The zero-order valence-electron chi connectivity index (χ0n) is 12.0. The molecule has 0 atom stereocenters. The standard InChI is InChI=1S/C16H19FN2O/c1-11-7-13(8-12(2)15(11)17)9-18-10-14-5-4-6-19-16(14)20-3/h4-8,18H,9-10H2,1-3H3. The zero-order valence-corrected chi connectivity index (χ0v) is 12.0. The minimum Gasteiger partial charge on any atom is -0.481 e. The molecule has 3 nitrogen and oxygen atoms in total. The van der Waals surface area contributed by atoms with Crippen LogP contribution in [-0.4, -0.2) is 12.1 Å². The van der Waals surface area contributed by atoms with Crippen LogP contribution in [0.5, 0.6) is 5.88 Å². The smallest absolute Gasteiger partial charge is 0.217 e. The predicted octanol–water partition coefficient (Wildman–Crippen LogP) is 3.14. The third kappa shape index (κ3) is 3.33. The first-order valence-corrected chi connectivity index (χ1v) is 6.56. The Bertz CT molecular complexity index is 576. The Labute approximate surface area is 118 Å². The van der Waals surface area contributed by atoms with E-state index in [1.807, 2.05) is 24.3 Å². The summed E-state index contributed by atoms with van der Waals surface area (Å²) in [5.74, 6) is 0.508. The monoisotopic (exact) mass is 274 g/mol. The molecule has 0 bridgehead atoms. The van der Waals surface area contributed by atoms with Crippen molar-refractivity contribution in [2.45, 2.75) is 26.9 Å². The van der Waals surface area contributed by atoms with E-state index in [1.165, 1.54) is 0 Å². The van der Waals surface area contributed by atoms with Gasteiger partial charge in [-0.05, 0) is 36.6 Å². The highest BCUT2D eigenvalue weighted by molar-refractivity contribution is 5.30. The van der Waals surface area contributed by atoms with Crippen LogP contribution >= 0.6 is 0 Å². The summed E-state index contributed by atoms with van der Waals surface area (Å²) in [6, 6.07) is 7.59. The van der Waals surface area contributed by atoms with Crippen molar-refractivity contribution in [2.75, 3.05) is 7.11 Å². The predicted molar refractivity (Wildman–Crippen MR) is 77.2 cm³/mol. The van der Waals surface area contributed by atoms with Gasteiger partial charge < -0.3 is 10.1 Å². The highest BCUT2D eigenvalue weighted by atomic mass is 19.1. The topological polar surface area (TPSA) is 34.1 Å². The first kappa shape index (κ1) is 14.5. The van der Waals surface area contributed by atoms with Gasteiger partial charge in [-0.15, -0.1) is 0 Å². The van der Waals surface area contributed by atoms with Crippen LogP contribution < -0.4 is 10.1 Å². The highest BCUT2D eigenvalue weighted by Crippen LogP contribution is 2.16. The molecule has 1 aromatic carbocycles. The van der Waals surface area contributed by atoms with Crippen LogP contribution in [0.3, 0.4) is 0 Å². The summed E-state index contributed by atoms with van der Waals surface area (Å²) in [4.78, 5) is 4.15. The van der Waals surface area contributed by atoms with Crippen molar-refractivity contribution in [1.82, 2.24) is 10.3 Å². The number of hydrogen-bond donors (Lipinski definition) is 1. The number of nitrogens with zero attached hydrogens (tertiary/aromatic N) is 1. The first-order chi connectivity index (χ1) is 9.61. The fourth-order valence-corrected chi connectivity index (χ4v) is 2.22. The van der Waals surface area contributed by atoms with Gasteiger partial charge in [0, 0.05) is 24.8 Å². The summed E-state index contributed by atoms with van der Waals surface area (Å²) >= 11 is 0. The second kappa shape index (κ2) is 6.48. The molecule has 106 valence electrons. The normalized spacial score (nSPS) is 10.6. The van der Waals surface area contributed by atoms with E-state index in [1.54, 1.807) is 27.2 Å². The van der Waals surface area contributed by atoms with Gasteiger partial charge in [0.25, 0.3) is 0 Å². The molecule has 2 rings (SSSR count). The van der Waals surface area contributed by atoms with Crippen molar-refractivity contribution in [3.8, 4) is 5.88 Å². The Morgan fingerprint density at radius 2 is 1.90 bits per heavy atom. The van der Waals surface area contributed by atoms with Gasteiger partial charge in [-0.1, -0.05) is 18.2 Å². The lowest BCUT2D eigenvalue weighted by Gasteiger charge is -2.10. The van der Waals surface area contributed by atoms with Crippen LogP contribution in [0.25, 0.3) is 0 Å². The lowest BCUT2D eigenvalue weighted by Crippen LogP contribution is -2.14. The average Bonchev–Trinajstić information content (AvgIpc) is 2.45. The number of ether oxygens (including phenoxy) is 1. The Balaban J connectivity index is 1.99. The maximum atomic E-state index is 13.6. The molecule has 20 heavy (non-hydrogen) atoms. The number of halogens is 1. The quantitative estimate of drug-likeness (QED) is 0.909. The first-order valence-electron chi connectivity index (χ1n) is 6.56. The minimum absolute atomic E-state index is 0.123. The van der Waals surface area contributed by atoms with E-state index in [0.717, 1.165) is 11.1 Å². The van der Waals surface area contributed by atoms with Crippen molar-refractivity contribution in [1.29, 1.82) is 0 Å². The Hall–Kier alpha value is -1.94. The van der Waals surface area contributed by atoms with E-state index in [9.17, 15) is 4.39 Å². The van der Waals surface area contributed by atoms with E-state index >= 15 is 0 Å². The van der Waals surface area contributed by atoms with Crippen LogP contribution in [0, 0.1) is 19.7 Å². The lowest BCUT2D eigenvalue weighted by atomic mass is 10.1. The van der Waals surface area contributed by atoms with E-state index in [0.29, 0.717) is 30.1 Å². The van der Waals surface area contributed by atoms with Crippen LogP contribution in [-0.2, 0) is 13.1 Å². The number of benzene rings is 1. The summed E-state index contributed by atoms with van der Waals surface area (Å²) in [6.07, 6.45) is 1.70. The average molecular weight is 274 g/mol. The molecule has 0 fully saturated rings. The van der Waals surface area contributed by atoms with Crippen LogP contribution in [0.2, 0.25) is 0 Å². The summed E-state index contributed by atoms with van der Waals surface area (Å²) < 4.78 is 18.8. The number of aromatic nitrogens is 1. The van der Waals surface area contributed by atoms with E-state index in [2.05, 4.69) is 10.3 Å². The number of nitrogens with one attached hydrogen (secondary N) is 1. The molecule has 0 saturated heterocycles. The van der Waals surface area contributed by atoms with Crippen molar-refractivity contribution >= 4 is 0 Å². The maximum absolute atomic E-state index is 13.6. The van der Waals surface area contributed by atoms with Gasteiger partial charge in [-0.25, -0.2) is 9.37 Å². The number of methoxy groups -OCH3 is 1. The van der Waals surface area contributed by atoms with Crippen LogP contribution in [0.4, 0.5) is 4.39 Å². The largest absolute Gasteiger partial charge is 0.481 e. The van der Waals surface area contributed by atoms with Crippen LogP contribution in [0.1, 0.15) is 22.3 Å². The van der Waals surface area contributed by atoms with Gasteiger partial charge in [-0.3, -0.25) is 0 Å². The Morgan fingerprint density at radius 3 is 2.55 bits per heavy atom. The summed E-state index contributed by atoms with van der Waals surface area (Å²) in [7, 11) is 1.61. The molecule has 0 unspecified atom stereocenters. The van der Waals surface area contributed by atoms with Gasteiger partial charge >= 0.3 is 0 Å². The SMILES string of the molecule is COc1ncccc1CNCc1cc(C)c(F)c(C)c1. The molecular formula is C16H19FN2O. The van der Waals surface area contributed by atoms with Gasteiger partial charge in [0.1, 0.15) is 5.82 Å².